The van der Waals surface area contributed by atoms with Crippen LogP contribution in [0.4, 0.5) is 0 Å². The number of hydrogen-bond acceptors (Lipinski definition) is 4. The minimum atomic E-state index is -1.06. The number of hydrogen-bond donors (Lipinski definition) is 0. The zero-order chi connectivity index (χ0) is 16.8. The largest absolute Gasteiger partial charge is 0.299 e. The fourth-order valence-corrected chi connectivity index (χ4v) is 2.70. The van der Waals surface area contributed by atoms with Crippen molar-refractivity contribution < 1.29 is 14.5 Å². The Labute approximate surface area is 134 Å². The van der Waals surface area contributed by atoms with E-state index in [2.05, 4.69) is 0 Å². The first kappa shape index (κ1) is 16.5. The zero-order valence-corrected chi connectivity index (χ0v) is 12.7. The molecular formula is C18H17NO4. The summed E-state index contributed by atoms with van der Waals surface area (Å²) in [6.45, 7) is 0.841. The fourth-order valence-electron chi connectivity index (χ4n) is 2.70. The molecule has 0 aliphatic rings. The molecule has 2 atom stereocenters. The summed E-state index contributed by atoms with van der Waals surface area (Å²) in [6.07, 6.45) is 0. The van der Waals surface area contributed by atoms with Gasteiger partial charge in [-0.25, -0.2) is 0 Å². The smallest absolute Gasteiger partial charge is 0.211 e. The molecule has 5 nitrogen and oxygen atoms in total. The lowest BCUT2D eigenvalue weighted by Crippen LogP contribution is -2.32. The van der Waals surface area contributed by atoms with E-state index in [9.17, 15) is 19.7 Å². The van der Waals surface area contributed by atoms with E-state index in [0.717, 1.165) is 0 Å². The molecule has 0 amide bonds. The Morgan fingerprint density at radius 3 is 2.00 bits per heavy atom. The third-order valence-electron chi connectivity index (χ3n) is 3.75. The summed E-state index contributed by atoms with van der Waals surface area (Å²) < 4.78 is 0. The minimum Gasteiger partial charge on any atom is -0.299 e. The van der Waals surface area contributed by atoms with E-state index in [0.29, 0.717) is 11.1 Å². The van der Waals surface area contributed by atoms with Gasteiger partial charge in [-0.2, -0.15) is 0 Å². The number of carbonyl (C=O) groups is 2. The first-order valence-corrected chi connectivity index (χ1v) is 7.27. The third-order valence-corrected chi connectivity index (χ3v) is 3.75. The van der Waals surface area contributed by atoms with Crippen LogP contribution in [0, 0.1) is 16.0 Å². The van der Waals surface area contributed by atoms with Crippen molar-refractivity contribution in [1.82, 2.24) is 0 Å². The van der Waals surface area contributed by atoms with E-state index >= 15 is 0 Å². The van der Waals surface area contributed by atoms with Crippen molar-refractivity contribution in [2.75, 3.05) is 6.54 Å². The molecule has 0 aliphatic carbocycles. The Hall–Kier alpha value is -2.82. The van der Waals surface area contributed by atoms with E-state index < -0.39 is 23.3 Å². The number of rotatable bonds is 7. The van der Waals surface area contributed by atoms with E-state index in [1.54, 1.807) is 60.7 Å². The van der Waals surface area contributed by atoms with Gasteiger partial charge in [0.2, 0.25) is 6.54 Å². The van der Waals surface area contributed by atoms with Gasteiger partial charge in [-0.05, 0) is 12.5 Å². The summed E-state index contributed by atoms with van der Waals surface area (Å²) in [4.78, 5) is 35.4. The monoisotopic (exact) mass is 311 g/mol. The standard InChI is InChI=1S/C18H17NO4/c1-13(20)17(18(21)15-10-6-3-7-11-15)16(12-19(22)23)14-8-4-2-5-9-14/h2-11,16-17H,12H2,1H3/t16-,17-/m0/s1. The lowest BCUT2D eigenvalue weighted by Gasteiger charge is -2.21. The van der Waals surface area contributed by atoms with Crippen LogP contribution in [-0.4, -0.2) is 23.0 Å². The summed E-state index contributed by atoms with van der Waals surface area (Å²) in [6, 6.07) is 17.1. The van der Waals surface area contributed by atoms with Crippen molar-refractivity contribution in [3.05, 3.63) is 81.9 Å². The molecule has 0 radical (unpaired) electrons. The topological polar surface area (TPSA) is 77.3 Å². The second-order valence-electron chi connectivity index (χ2n) is 5.35. The maximum Gasteiger partial charge on any atom is 0.211 e. The van der Waals surface area contributed by atoms with Gasteiger partial charge >= 0.3 is 0 Å². The zero-order valence-electron chi connectivity index (χ0n) is 12.7. The molecule has 0 saturated carbocycles. The Bertz CT molecular complexity index is 697. The van der Waals surface area contributed by atoms with Gasteiger partial charge in [0.15, 0.2) is 5.78 Å². The van der Waals surface area contributed by atoms with Crippen molar-refractivity contribution in [3.63, 3.8) is 0 Å². The summed E-state index contributed by atoms with van der Waals surface area (Å²) in [5, 5.41) is 11.1. The molecule has 0 aromatic heterocycles. The average molecular weight is 311 g/mol. The number of nitrogens with zero attached hydrogens (tertiary/aromatic N) is 1. The molecule has 0 spiro atoms. The van der Waals surface area contributed by atoms with Gasteiger partial charge in [0.25, 0.3) is 0 Å². The molecule has 0 bridgehead atoms. The molecule has 2 aromatic rings. The number of carbonyl (C=O) groups excluding carboxylic acids is 2. The average Bonchev–Trinajstić information content (AvgIpc) is 2.55. The molecule has 0 aliphatic heterocycles. The molecule has 0 unspecified atom stereocenters. The van der Waals surface area contributed by atoms with E-state index in [-0.39, 0.29) is 11.6 Å². The van der Waals surface area contributed by atoms with Crippen LogP contribution in [0.1, 0.15) is 28.8 Å². The van der Waals surface area contributed by atoms with Crippen LogP contribution in [0.2, 0.25) is 0 Å². The molecule has 0 heterocycles. The van der Waals surface area contributed by atoms with Crippen molar-refractivity contribution in [2.24, 2.45) is 5.92 Å². The number of nitro groups is 1. The predicted molar refractivity (Wildman–Crippen MR) is 86.0 cm³/mol. The van der Waals surface area contributed by atoms with E-state index in [1.165, 1.54) is 6.92 Å². The number of ketones is 2. The van der Waals surface area contributed by atoms with E-state index in [4.69, 9.17) is 0 Å². The Morgan fingerprint density at radius 1 is 1.00 bits per heavy atom. The summed E-state index contributed by atoms with van der Waals surface area (Å²) >= 11 is 0. The highest BCUT2D eigenvalue weighted by molar-refractivity contribution is 6.10. The van der Waals surface area contributed by atoms with E-state index in [1.807, 2.05) is 0 Å². The molecule has 0 fully saturated rings. The second kappa shape index (κ2) is 7.45. The Balaban J connectivity index is 2.45. The van der Waals surface area contributed by atoms with Gasteiger partial charge in [-0.1, -0.05) is 60.7 Å². The van der Waals surface area contributed by atoms with Gasteiger partial charge in [0.05, 0.1) is 11.8 Å². The second-order valence-corrected chi connectivity index (χ2v) is 5.35. The highest BCUT2D eigenvalue weighted by Gasteiger charge is 2.37. The van der Waals surface area contributed by atoms with Crippen LogP contribution in [0.5, 0.6) is 0 Å². The van der Waals surface area contributed by atoms with Crippen LogP contribution in [0.3, 0.4) is 0 Å². The van der Waals surface area contributed by atoms with Crippen LogP contribution < -0.4 is 0 Å². The van der Waals surface area contributed by atoms with Crippen LogP contribution in [0.15, 0.2) is 60.7 Å². The van der Waals surface area contributed by atoms with Crippen molar-refractivity contribution in [2.45, 2.75) is 12.8 Å². The fraction of sp³-hybridized carbons (Fsp3) is 0.222. The quantitative estimate of drug-likeness (QED) is 0.340. The van der Waals surface area contributed by atoms with Gasteiger partial charge in [0, 0.05) is 10.5 Å². The molecule has 118 valence electrons. The Kier molecular flexibility index (Phi) is 5.36. The normalized spacial score (nSPS) is 13.1. The van der Waals surface area contributed by atoms with Gasteiger partial charge in [-0.3, -0.25) is 19.7 Å². The van der Waals surface area contributed by atoms with Gasteiger partial charge < -0.3 is 0 Å². The lowest BCUT2D eigenvalue weighted by atomic mass is 9.79. The first-order valence-electron chi connectivity index (χ1n) is 7.27. The van der Waals surface area contributed by atoms with Crippen LogP contribution in [-0.2, 0) is 4.79 Å². The summed E-state index contributed by atoms with van der Waals surface area (Å²) in [5.74, 6) is -2.59. The highest BCUT2D eigenvalue weighted by Crippen LogP contribution is 2.29. The van der Waals surface area contributed by atoms with Crippen molar-refractivity contribution >= 4 is 11.6 Å². The van der Waals surface area contributed by atoms with Gasteiger partial charge in [0.1, 0.15) is 5.78 Å². The predicted octanol–water partition coefficient (Wildman–Crippen LogP) is 3.14. The highest BCUT2D eigenvalue weighted by atomic mass is 16.6. The summed E-state index contributed by atoms with van der Waals surface area (Å²) in [5.41, 5.74) is 1.01. The van der Waals surface area contributed by atoms with Gasteiger partial charge in [-0.15, -0.1) is 0 Å². The maximum absolute atomic E-state index is 12.7. The SMILES string of the molecule is CC(=O)[C@H](C(=O)c1ccccc1)[C@@H](C[N+](=O)[O-])c1ccccc1. The molecular weight excluding hydrogens is 294 g/mol. The van der Waals surface area contributed by atoms with Crippen molar-refractivity contribution in [1.29, 1.82) is 0 Å². The van der Waals surface area contributed by atoms with Crippen LogP contribution >= 0.6 is 0 Å². The number of benzene rings is 2. The molecule has 0 N–H and O–H groups in total. The lowest BCUT2D eigenvalue weighted by molar-refractivity contribution is -0.484. The van der Waals surface area contributed by atoms with Crippen molar-refractivity contribution in [3.8, 4) is 0 Å². The summed E-state index contributed by atoms with van der Waals surface area (Å²) in [7, 11) is 0. The molecule has 2 aromatic carbocycles. The first-order chi connectivity index (χ1) is 11.0. The molecule has 5 heteroatoms. The number of Topliss-reactive ketones (excluding diaryl/α,β-unsaturated/α-hetero) is 2. The van der Waals surface area contributed by atoms with Crippen LogP contribution in [0.25, 0.3) is 0 Å². The molecule has 0 saturated heterocycles. The molecule has 23 heavy (non-hydrogen) atoms. The molecule has 2 rings (SSSR count). The minimum absolute atomic E-state index is 0.366. The maximum atomic E-state index is 12.7. The Morgan fingerprint density at radius 2 is 1.52 bits per heavy atom. The third kappa shape index (κ3) is 4.10.